The van der Waals surface area contributed by atoms with Crippen LogP contribution in [0.25, 0.3) is 0 Å². The zero-order valence-corrected chi connectivity index (χ0v) is 11.7. The molecule has 3 fully saturated rings. The van der Waals surface area contributed by atoms with E-state index in [9.17, 15) is 0 Å². The van der Waals surface area contributed by atoms with Gasteiger partial charge in [-0.2, -0.15) is 0 Å². The minimum absolute atomic E-state index is 0.752. The second-order valence-corrected chi connectivity index (χ2v) is 6.59. The highest BCUT2D eigenvalue weighted by molar-refractivity contribution is 5.24. The van der Waals surface area contributed by atoms with Crippen molar-refractivity contribution < 1.29 is 0 Å². The molecule has 1 aliphatic carbocycles. The highest BCUT2D eigenvalue weighted by Gasteiger charge is 2.36. The monoisotopic (exact) mass is 259 g/mol. The van der Waals surface area contributed by atoms with Crippen molar-refractivity contribution in [1.29, 1.82) is 0 Å². The van der Waals surface area contributed by atoms with Crippen LogP contribution >= 0.6 is 0 Å². The van der Waals surface area contributed by atoms with Gasteiger partial charge in [0.15, 0.2) is 0 Å². The maximum atomic E-state index is 3.64. The highest BCUT2D eigenvalue weighted by Crippen LogP contribution is 2.30. The van der Waals surface area contributed by atoms with Gasteiger partial charge < -0.3 is 15.1 Å². The van der Waals surface area contributed by atoms with Gasteiger partial charge in [-0.05, 0) is 43.9 Å². The number of hydrogen-bond donors (Lipinski definition) is 1. The van der Waals surface area contributed by atoms with Crippen LogP contribution in [0.5, 0.6) is 0 Å². The molecular weight excluding hydrogens is 234 g/mol. The average Bonchev–Trinajstić information content (AvgIpc) is 3.15. The fraction of sp³-hybridized carbons (Fsp3) is 0.750. The van der Waals surface area contributed by atoms with E-state index >= 15 is 0 Å². The molecule has 3 heterocycles. The third-order valence-corrected chi connectivity index (χ3v) is 5.47. The van der Waals surface area contributed by atoms with Crippen molar-refractivity contribution in [3.63, 3.8) is 0 Å². The molecule has 0 amide bonds. The summed E-state index contributed by atoms with van der Waals surface area (Å²) in [5.41, 5.74) is 1.46. The van der Waals surface area contributed by atoms with Crippen molar-refractivity contribution in [2.45, 2.75) is 44.2 Å². The Morgan fingerprint density at radius 1 is 1.11 bits per heavy atom. The number of nitrogens with one attached hydrogen (secondary N) is 1. The van der Waals surface area contributed by atoms with E-state index in [0.717, 1.165) is 24.5 Å². The van der Waals surface area contributed by atoms with Gasteiger partial charge in [0.2, 0.25) is 0 Å². The van der Waals surface area contributed by atoms with Crippen molar-refractivity contribution in [2.24, 2.45) is 5.92 Å². The molecule has 4 rings (SSSR count). The van der Waals surface area contributed by atoms with E-state index in [-0.39, 0.29) is 0 Å². The Kier molecular flexibility index (Phi) is 3.03. The molecular formula is C16H25N3. The highest BCUT2D eigenvalue weighted by atomic mass is 15.2. The summed E-state index contributed by atoms with van der Waals surface area (Å²) in [6.07, 6.45) is 14.2. The number of allylic oxidation sites excluding steroid dienone is 1. The lowest BCUT2D eigenvalue weighted by molar-refractivity contribution is 0.294. The summed E-state index contributed by atoms with van der Waals surface area (Å²) in [5, 5.41) is 3.64. The van der Waals surface area contributed by atoms with Crippen molar-refractivity contribution in [3.8, 4) is 0 Å². The second kappa shape index (κ2) is 4.86. The standard InChI is InChI=1S/C16H25N3/c1-2-4-14(3-1)18-9-6-15(7-10-18)19-11-13-5-8-17-16(13)12-19/h6-7,9,13-14,16-17H,1-5,8,10-12H2/t13-,16+/m1/s1. The normalized spacial score (nSPS) is 35.1. The minimum atomic E-state index is 0.752. The Balaban J connectivity index is 1.38. The maximum Gasteiger partial charge on any atom is 0.0380 e. The van der Waals surface area contributed by atoms with E-state index in [4.69, 9.17) is 0 Å². The summed E-state index contributed by atoms with van der Waals surface area (Å²) in [6, 6.07) is 1.57. The van der Waals surface area contributed by atoms with E-state index in [2.05, 4.69) is 33.5 Å². The van der Waals surface area contributed by atoms with Gasteiger partial charge in [0.25, 0.3) is 0 Å². The van der Waals surface area contributed by atoms with Crippen LogP contribution in [0.4, 0.5) is 0 Å². The topological polar surface area (TPSA) is 18.5 Å². The molecule has 1 N–H and O–H groups in total. The van der Waals surface area contributed by atoms with Crippen LogP contribution in [0, 0.1) is 5.92 Å². The number of nitrogens with zero attached hydrogens (tertiary/aromatic N) is 2. The summed E-state index contributed by atoms with van der Waals surface area (Å²) in [4.78, 5) is 5.13. The zero-order chi connectivity index (χ0) is 12.7. The molecule has 2 saturated heterocycles. The van der Waals surface area contributed by atoms with E-state index in [0.29, 0.717) is 0 Å². The molecule has 3 aliphatic heterocycles. The summed E-state index contributed by atoms with van der Waals surface area (Å²) in [6.45, 7) is 4.82. The van der Waals surface area contributed by atoms with Crippen molar-refractivity contribution in [2.75, 3.05) is 26.2 Å². The second-order valence-electron chi connectivity index (χ2n) is 6.59. The Bertz CT molecular complexity index is 383. The van der Waals surface area contributed by atoms with Crippen molar-refractivity contribution >= 4 is 0 Å². The Morgan fingerprint density at radius 3 is 2.74 bits per heavy atom. The predicted octanol–water partition coefficient (Wildman–Crippen LogP) is 1.94. The van der Waals surface area contributed by atoms with Gasteiger partial charge in [-0.15, -0.1) is 0 Å². The molecule has 0 aromatic heterocycles. The molecule has 4 aliphatic rings. The molecule has 3 nitrogen and oxygen atoms in total. The van der Waals surface area contributed by atoms with Crippen LogP contribution in [0.3, 0.4) is 0 Å². The number of likely N-dealkylation sites (tertiary alicyclic amines) is 1. The van der Waals surface area contributed by atoms with E-state index < -0.39 is 0 Å². The first kappa shape index (κ1) is 11.8. The Labute approximate surface area is 116 Å². The molecule has 0 bridgehead atoms. The fourth-order valence-electron chi connectivity index (χ4n) is 4.30. The smallest absolute Gasteiger partial charge is 0.0380 e. The zero-order valence-electron chi connectivity index (χ0n) is 11.7. The van der Waals surface area contributed by atoms with Crippen LogP contribution in [-0.4, -0.2) is 48.1 Å². The lowest BCUT2D eigenvalue weighted by Crippen LogP contribution is -2.33. The predicted molar refractivity (Wildman–Crippen MR) is 77.7 cm³/mol. The van der Waals surface area contributed by atoms with Crippen molar-refractivity contribution in [1.82, 2.24) is 15.1 Å². The van der Waals surface area contributed by atoms with Gasteiger partial charge in [0.05, 0.1) is 0 Å². The molecule has 0 unspecified atom stereocenters. The lowest BCUT2D eigenvalue weighted by atomic mass is 10.1. The molecule has 0 aromatic rings. The first-order valence-corrected chi connectivity index (χ1v) is 8.02. The molecule has 0 radical (unpaired) electrons. The van der Waals surface area contributed by atoms with Crippen LogP contribution in [0.15, 0.2) is 24.0 Å². The fourth-order valence-corrected chi connectivity index (χ4v) is 4.30. The molecule has 1 saturated carbocycles. The lowest BCUT2D eigenvalue weighted by Gasteiger charge is -2.31. The number of hydrogen-bond acceptors (Lipinski definition) is 3. The van der Waals surface area contributed by atoms with Crippen molar-refractivity contribution in [3.05, 3.63) is 24.0 Å². The first-order chi connectivity index (χ1) is 9.40. The summed E-state index contributed by atoms with van der Waals surface area (Å²) in [7, 11) is 0. The molecule has 3 heteroatoms. The third-order valence-electron chi connectivity index (χ3n) is 5.47. The molecule has 0 aromatic carbocycles. The van der Waals surface area contributed by atoms with E-state index in [1.807, 2.05) is 0 Å². The molecule has 19 heavy (non-hydrogen) atoms. The quantitative estimate of drug-likeness (QED) is 0.817. The van der Waals surface area contributed by atoms with Crippen LogP contribution in [-0.2, 0) is 0 Å². The number of rotatable bonds is 2. The summed E-state index contributed by atoms with van der Waals surface area (Å²) >= 11 is 0. The summed E-state index contributed by atoms with van der Waals surface area (Å²) in [5.74, 6) is 0.891. The Hall–Kier alpha value is -0.960. The molecule has 0 spiro atoms. The van der Waals surface area contributed by atoms with Gasteiger partial charge in [-0.1, -0.05) is 12.8 Å². The van der Waals surface area contributed by atoms with E-state index in [1.54, 1.807) is 0 Å². The van der Waals surface area contributed by atoms with Gasteiger partial charge in [-0.3, -0.25) is 0 Å². The first-order valence-electron chi connectivity index (χ1n) is 8.02. The minimum Gasteiger partial charge on any atom is -0.371 e. The van der Waals surface area contributed by atoms with E-state index in [1.165, 1.54) is 57.4 Å². The average molecular weight is 259 g/mol. The summed E-state index contributed by atoms with van der Waals surface area (Å²) < 4.78 is 0. The Morgan fingerprint density at radius 2 is 2.00 bits per heavy atom. The molecule has 2 atom stereocenters. The van der Waals surface area contributed by atoms with Crippen LogP contribution in [0.1, 0.15) is 32.1 Å². The largest absolute Gasteiger partial charge is 0.371 e. The number of fused-ring (bicyclic) bond motifs is 1. The van der Waals surface area contributed by atoms with Gasteiger partial charge in [0.1, 0.15) is 0 Å². The van der Waals surface area contributed by atoms with Crippen LogP contribution in [0.2, 0.25) is 0 Å². The van der Waals surface area contributed by atoms with Gasteiger partial charge >= 0.3 is 0 Å². The maximum absolute atomic E-state index is 3.64. The third kappa shape index (κ3) is 2.18. The van der Waals surface area contributed by atoms with Gasteiger partial charge in [0, 0.05) is 43.6 Å². The molecule has 104 valence electrons. The van der Waals surface area contributed by atoms with Crippen LogP contribution < -0.4 is 5.32 Å². The SMILES string of the molecule is C1=CN(C2CCCC2)CC=C1N1C[C@H]2CCN[C@H]2C1. The van der Waals surface area contributed by atoms with Gasteiger partial charge in [-0.25, -0.2) is 0 Å².